The molecule has 6 rings (SSSR count). The third-order valence-corrected chi connectivity index (χ3v) is 14.9. The van der Waals surface area contributed by atoms with Gasteiger partial charge in [0.05, 0.1) is 40.7 Å². The Morgan fingerprint density at radius 1 is 0.273 bits per heavy atom. The van der Waals surface area contributed by atoms with Crippen molar-refractivity contribution in [3.8, 4) is 0 Å². The van der Waals surface area contributed by atoms with Gasteiger partial charge in [-0.1, -0.05) is 315 Å². The SMILES string of the molecule is Cc1ccc([Si](C)(C)C)cc1.[2H]C([2H])([2H])C(c1ccc(C)cc1)(C([2H])([2H])[2H])C([2H])([2H])[2H].[2H]c1c([2H])c(C(C([2H])([2H])[2H])(C([2H])([2H])[2H])C([2H])([2H])[2H])c([2H])c([2H])c1C.[2H]c1c([2H])c([Si](C)(C)C)c([2H])c([2H])c1C.[2H]c1cc(C(C([2H])([2H])[2H])(C([2H])([2H])[2H])C([2H])([2H])[2H])cc([2H])c1C.[2H]c1cc([Si](C)(C)C)cc([2H])c1C. The predicted molar refractivity (Wildman–Crippen MR) is 312 cm³/mol. The lowest BCUT2D eigenvalue weighted by atomic mass is 9.87. The molecular formula is C63H96Si3. The fourth-order valence-corrected chi connectivity index (χ4v) is 7.78. The maximum atomic E-state index is 7.93. The number of aryl methyl sites for hydroxylation is 2. The van der Waals surface area contributed by atoms with E-state index in [0.29, 0.717) is 22.8 Å². The average molecular weight is 977 g/mol. The van der Waals surface area contributed by atoms with E-state index in [1.165, 1.54) is 48.9 Å². The van der Waals surface area contributed by atoms with E-state index in [9.17, 15) is 0 Å². The molecule has 0 N–H and O–H groups in total. The summed E-state index contributed by atoms with van der Waals surface area (Å²) in [6.07, 6.45) is 0. The van der Waals surface area contributed by atoms with Crippen molar-refractivity contribution in [2.45, 2.75) is 178 Å². The van der Waals surface area contributed by atoms with Crippen LogP contribution in [-0.2, 0) is 16.2 Å². The molecule has 0 aliphatic heterocycles. The van der Waals surface area contributed by atoms with Crippen molar-refractivity contribution >= 4 is 39.8 Å². The van der Waals surface area contributed by atoms with Crippen molar-refractivity contribution in [3.63, 3.8) is 0 Å². The van der Waals surface area contributed by atoms with Gasteiger partial charge in [-0.25, -0.2) is 0 Å². The molecule has 0 spiro atoms. The smallest absolute Gasteiger partial charge is 0.0656 e. The molecule has 0 saturated carbocycles. The topological polar surface area (TPSA) is 0 Å². The normalized spacial score (nSPS) is 22.0. The maximum absolute atomic E-state index is 7.93. The van der Waals surface area contributed by atoms with Crippen LogP contribution in [0.3, 0.4) is 0 Å². The van der Waals surface area contributed by atoms with Gasteiger partial charge in [0, 0.05) is 37.0 Å². The molecule has 0 aromatic heterocycles. The molecule has 0 amide bonds. The molecule has 0 aliphatic carbocycles. The van der Waals surface area contributed by atoms with E-state index in [1.54, 1.807) is 19.0 Å². The fourth-order valence-electron chi connectivity index (χ4n) is 4.73. The van der Waals surface area contributed by atoms with E-state index in [1.807, 2.05) is 38.7 Å². The lowest BCUT2D eigenvalue weighted by Crippen LogP contribution is -2.37. The molecular weight excluding hydrogens is 841 g/mol. The molecule has 0 fully saturated rings. The molecule has 360 valence electrons. The second-order valence-corrected chi connectivity index (χ2v) is 34.2. The second-order valence-electron chi connectivity index (χ2n) is 19.0. The van der Waals surface area contributed by atoms with Gasteiger partial charge in [-0.15, -0.1) is 0 Å². The standard InChI is InChI=1S/3C11H16.3C10H16Si/c6*1-9-5-7-10(8-6-9)11(2,3)4/h6*5-8H,1-4H3/i2D3,3D3,4D3,5D,6D,7D,8D;2D3,3D3,4D3,5D,6D;2D3,3D3,4D3;5D,6D,7D,8D;5D,6D;. The molecule has 66 heavy (non-hydrogen) atoms. The number of benzene rings is 6. The van der Waals surface area contributed by atoms with Crippen LogP contribution in [0.25, 0.3) is 0 Å². The highest BCUT2D eigenvalue weighted by molar-refractivity contribution is 6.89. The molecule has 0 nitrogen and oxygen atoms in total. The fraction of sp³-hybridized carbons (Fsp3) is 0.429. The summed E-state index contributed by atoms with van der Waals surface area (Å²) in [4.78, 5) is 0. The lowest BCUT2D eigenvalue weighted by molar-refractivity contribution is 0.590. The molecule has 6 aromatic carbocycles. The number of rotatable bonds is 3. The minimum atomic E-state index is -3.64. The molecule has 0 atom stereocenters. The Kier molecular flexibility index (Phi) is 8.88. The Morgan fingerprint density at radius 3 is 0.894 bits per heavy atom. The van der Waals surface area contributed by atoms with Crippen molar-refractivity contribution in [3.05, 3.63) is 195 Å². The lowest BCUT2D eigenvalue weighted by Gasteiger charge is -2.18. The summed E-state index contributed by atoms with van der Waals surface area (Å²) in [5, 5.41) is 3.37. The van der Waals surface area contributed by atoms with Crippen LogP contribution >= 0.6 is 0 Å². The summed E-state index contributed by atoms with van der Waals surface area (Å²) in [5.41, 5.74) is -8.11. The quantitative estimate of drug-likeness (QED) is 0.155. The van der Waals surface area contributed by atoms with Crippen LogP contribution in [0, 0.1) is 41.5 Å². The minimum absolute atomic E-state index is 0.105. The highest BCUT2D eigenvalue weighted by Gasteiger charge is 2.17. The molecule has 0 saturated heterocycles. The van der Waals surface area contributed by atoms with Gasteiger partial charge in [-0.2, -0.15) is 0 Å². The van der Waals surface area contributed by atoms with Crippen molar-refractivity contribution in [2.75, 3.05) is 0 Å². The van der Waals surface area contributed by atoms with Crippen LogP contribution in [0.1, 0.15) is 165 Å². The van der Waals surface area contributed by atoms with Gasteiger partial charge in [-0.05, 0) is 74.5 Å². The molecule has 0 heterocycles. The van der Waals surface area contributed by atoms with Gasteiger partial charge in [0.2, 0.25) is 0 Å². The van der Waals surface area contributed by atoms with Crippen LogP contribution in [0.5, 0.6) is 0 Å². The van der Waals surface area contributed by atoms with E-state index in [-0.39, 0.29) is 52.9 Å². The molecule has 0 bridgehead atoms. The summed E-state index contributed by atoms with van der Waals surface area (Å²) >= 11 is 0. The third-order valence-electron chi connectivity index (χ3n) is 9.10. The minimum Gasteiger partial charge on any atom is -0.0656 e. The van der Waals surface area contributed by atoms with Crippen LogP contribution < -0.4 is 15.6 Å². The molecule has 3 heteroatoms. The zero-order chi connectivity index (χ0) is 83.8. The van der Waals surface area contributed by atoms with Gasteiger partial charge in [0.1, 0.15) is 0 Å². The van der Waals surface area contributed by atoms with Gasteiger partial charge < -0.3 is 0 Å². The average Bonchev–Trinajstić information content (AvgIpc) is 0.710. The van der Waals surface area contributed by atoms with Gasteiger partial charge in [-0.3, -0.25) is 0 Å². The predicted octanol–water partition coefficient (Wildman–Crippen LogP) is 17.5. The highest BCUT2D eigenvalue weighted by atomic mass is 28.3. The Morgan fingerprint density at radius 2 is 0.545 bits per heavy atom. The Labute approximate surface area is 467 Å². The van der Waals surface area contributed by atoms with Crippen LogP contribution in [0.2, 0.25) is 58.9 Å². The summed E-state index contributed by atoms with van der Waals surface area (Å²) in [7, 11) is -4.24. The van der Waals surface area contributed by atoms with E-state index in [4.69, 9.17) is 53.5 Å². The summed E-state index contributed by atoms with van der Waals surface area (Å²) in [6, 6.07) is 17.8. The van der Waals surface area contributed by atoms with E-state index < -0.39 is 137 Å². The summed E-state index contributed by atoms with van der Waals surface area (Å²) in [5.74, 6) is 0. The van der Waals surface area contributed by atoms with E-state index >= 15 is 0 Å². The van der Waals surface area contributed by atoms with Crippen LogP contribution in [-0.4, -0.2) is 24.2 Å². The van der Waals surface area contributed by atoms with Gasteiger partial charge in [0.15, 0.2) is 0 Å². The molecule has 0 unspecified atom stereocenters. The zero-order valence-electron chi connectivity index (χ0n) is 80.4. The molecule has 0 aliphatic rings. The Bertz CT molecular complexity index is 3740. The molecule has 0 radical (unpaired) electrons. The third kappa shape index (κ3) is 24.7. The highest BCUT2D eigenvalue weighted by Crippen LogP contribution is 2.23. The Hall–Kier alpha value is -4.03. The number of hydrogen-bond acceptors (Lipinski definition) is 0. The largest absolute Gasteiger partial charge is 0.0775 e. The first-order chi connectivity index (χ1) is 46.2. The zero-order valence-corrected chi connectivity index (χ0v) is 44.4. The maximum Gasteiger partial charge on any atom is 0.0775 e. The van der Waals surface area contributed by atoms with Gasteiger partial charge >= 0.3 is 0 Å². The van der Waals surface area contributed by atoms with E-state index in [0.717, 1.165) is 23.3 Å². The van der Waals surface area contributed by atoms with Crippen molar-refractivity contribution < 1.29 is 53.5 Å². The first-order valence-electron chi connectivity index (χ1n) is 40.7. The van der Waals surface area contributed by atoms with Crippen LogP contribution in [0.15, 0.2) is 145 Å². The summed E-state index contributed by atoms with van der Waals surface area (Å²) in [6.45, 7) is -0.684. The van der Waals surface area contributed by atoms with Crippen molar-refractivity contribution in [2.24, 2.45) is 0 Å². The second kappa shape index (κ2) is 25.9. The molecule has 6 aromatic rings. The first kappa shape index (κ1) is 22.6. The van der Waals surface area contributed by atoms with Crippen molar-refractivity contribution in [1.29, 1.82) is 0 Å². The van der Waals surface area contributed by atoms with Crippen molar-refractivity contribution in [1.82, 2.24) is 0 Å². The first-order valence-corrected chi connectivity index (χ1v) is 31.7. The van der Waals surface area contributed by atoms with E-state index in [2.05, 4.69) is 70.5 Å². The monoisotopic (exact) mass is 976 g/mol. The number of hydrogen-bond donors (Lipinski definition) is 0. The van der Waals surface area contributed by atoms with Crippen LogP contribution in [0.4, 0.5) is 0 Å². The summed E-state index contributed by atoms with van der Waals surface area (Å²) < 4.78 is 298. The Balaban J connectivity index is 0.000000641. The van der Waals surface area contributed by atoms with Gasteiger partial charge in [0.25, 0.3) is 0 Å².